The lowest BCUT2D eigenvalue weighted by Crippen LogP contribution is -2.31. The van der Waals surface area contributed by atoms with E-state index in [2.05, 4.69) is 4.90 Å². The number of aliphatic hydroxyl groups is 1. The van der Waals surface area contributed by atoms with Gasteiger partial charge >= 0.3 is 0 Å². The second-order valence-electron chi connectivity index (χ2n) is 2.82. The van der Waals surface area contributed by atoms with Crippen molar-refractivity contribution in [1.29, 1.82) is 0 Å². The average Bonchev–Trinajstić information content (AvgIpc) is 2.00. The molecule has 0 heterocycles. The van der Waals surface area contributed by atoms with E-state index in [1.807, 2.05) is 14.0 Å². The van der Waals surface area contributed by atoms with E-state index in [0.717, 1.165) is 26.1 Å². The standard InChI is InChI=1S/C8H19NO2/c1-4-8(10)7-9(2)5-6-11-3/h8,10H,4-7H2,1-3H3. The molecular formula is C8H19NO2. The number of rotatable bonds is 6. The first-order valence-corrected chi connectivity index (χ1v) is 4.06. The summed E-state index contributed by atoms with van der Waals surface area (Å²) < 4.78 is 4.90. The molecule has 0 radical (unpaired) electrons. The van der Waals surface area contributed by atoms with Gasteiger partial charge in [-0.3, -0.25) is 0 Å². The quantitative estimate of drug-likeness (QED) is 0.609. The SMILES string of the molecule is CCC(O)CN(C)CCOC. The van der Waals surface area contributed by atoms with Gasteiger partial charge in [0.15, 0.2) is 0 Å². The third-order valence-corrected chi connectivity index (χ3v) is 1.67. The first-order valence-electron chi connectivity index (χ1n) is 4.06. The van der Waals surface area contributed by atoms with Crippen molar-refractivity contribution in [3.63, 3.8) is 0 Å². The molecule has 0 aliphatic carbocycles. The van der Waals surface area contributed by atoms with Gasteiger partial charge in [-0.1, -0.05) is 6.92 Å². The number of methoxy groups -OCH3 is 1. The Kier molecular flexibility index (Phi) is 6.51. The van der Waals surface area contributed by atoms with Crippen LogP contribution in [0.25, 0.3) is 0 Å². The Labute approximate surface area is 69.0 Å². The van der Waals surface area contributed by atoms with Crippen LogP contribution < -0.4 is 0 Å². The van der Waals surface area contributed by atoms with Crippen LogP contribution in [0.1, 0.15) is 13.3 Å². The molecule has 0 aromatic rings. The minimum Gasteiger partial charge on any atom is -0.392 e. The smallest absolute Gasteiger partial charge is 0.0664 e. The van der Waals surface area contributed by atoms with E-state index in [1.165, 1.54) is 0 Å². The predicted molar refractivity (Wildman–Crippen MR) is 45.7 cm³/mol. The van der Waals surface area contributed by atoms with Crippen LogP contribution in [0.4, 0.5) is 0 Å². The Morgan fingerprint density at radius 3 is 2.64 bits per heavy atom. The van der Waals surface area contributed by atoms with Gasteiger partial charge in [0.1, 0.15) is 0 Å². The molecule has 1 unspecified atom stereocenters. The molecule has 11 heavy (non-hydrogen) atoms. The number of likely N-dealkylation sites (N-methyl/N-ethyl adjacent to an activating group) is 1. The zero-order valence-corrected chi connectivity index (χ0v) is 7.71. The molecule has 0 aromatic heterocycles. The van der Waals surface area contributed by atoms with Gasteiger partial charge in [0, 0.05) is 20.2 Å². The zero-order chi connectivity index (χ0) is 8.69. The maximum atomic E-state index is 9.25. The molecule has 3 heteroatoms. The summed E-state index contributed by atoms with van der Waals surface area (Å²) in [6.45, 7) is 4.33. The maximum absolute atomic E-state index is 9.25. The predicted octanol–water partition coefficient (Wildman–Crippen LogP) is 0.335. The highest BCUT2D eigenvalue weighted by molar-refractivity contribution is 4.58. The van der Waals surface area contributed by atoms with E-state index in [0.29, 0.717) is 0 Å². The highest BCUT2D eigenvalue weighted by Crippen LogP contribution is 1.92. The van der Waals surface area contributed by atoms with Crippen LogP contribution in [0, 0.1) is 0 Å². The topological polar surface area (TPSA) is 32.7 Å². The first kappa shape index (κ1) is 10.9. The van der Waals surface area contributed by atoms with Crippen molar-refractivity contribution in [2.24, 2.45) is 0 Å². The fraction of sp³-hybridized carbons (Fsp3) is 1.00. The summed E-state index contributed by atoms with van der Waals surface area (Å²) in [5.41, 5.74) is 0. The molecule has 0 aliphatic heterocycles. The number of ether oxygens (including phenoxy) is 1. The van der Waals surface area contributed by atoms with E-state index in [9.17, 15) is 5.11 Å². The molecule has 0 fully saturated rings. The summed E-state index contributed by atoms with van der Waals surface area (Å²) in [6, 6.07) is 0. The summed E-state index contributed by atoms with van der Waals surface area (Å²) >= 11 is 0. The number of hydrogen-bond acceptors (Lipinski definition) is 3. The van der Waals surface area contributed by atoms with Gasteiger partial charge in [-0.05, 0) is 13.5 Å². The van der Waals surface area contributed by atoms with Gasteiger partial charge in [-0.15, -0.1) is 0 Å². The summed E-state index contributed by atoms with van der Waals surface area (Å²) in [4.78, 5) is 2.07. The number of aliphatic hydroxyl groups excluding tert-OH is 1. The van der Waals surface area contributed by atoms with Crippen molar-refractivity contribution >= 4 is 0 Å². The second kappa shape index (κ2) is 6.58. The van der Waals surface area contributed by atoms with E-state index in [1.54, 1.807) is 7.11 Å². The Bertz CT molecular complexity index is 88.2. The number of nitrogens with zero attached hydrogens (tertiary/aromatic N) is 1. The molecule has 0 bridgehead atoms. The van der Waals surface area contributed by atoms with E-state index in [4.69, 9.17) is 4.74 Å². The molecule has 0 spiro atoms. The average molecular weight is 161 g/mol. The fourth-order valence-electron chi connectivity index (χ4n) is 0.827. The van der Waals surface area contributed by atoms with Gasteiger partial charge in [-0.25, -0.2) is 0 Å². The Hall–Kier alpha value is -0.120. The van der Waals surface area contributed by atoms with Gasteiger partial charge in [0.2, 0.25) is 0 Å². The van der Waals surface area contributed by atoms with Crippen molar-refractivity contribution in [2.75, 3.05) is 33.9 Å². The van der Waals surface area contributed by atoms with Crippen LogP contribution >= 0.6 is 0 Å². The highest BCUT2D eigenvalue weighted by atomic mass is 16.5. The van der Waals surface area contributed by atoms with Crippen LogP contribution in [0.3, 0.4) is 0 Å². The van der Waals surface area contributed by atoms with Gasteiger partial charge in [0.25, 0.3) is 0 Å². The third-order valence-electron chi connectivity index (χ3n) is 1.67. The van der Waals surface area contributed by atoms with Crippen LogP contribution in [-0.4, -0.2) is 50.0 Å². The largest absolute Gasteiger partial charge is 0.392 e. The van der Waals surface area contributed by atoms with Crippen molar-refractivity contribution in [3.8, 4) is 0 Å². The van der Waals surface area contributed by atoms with Gasteiger partial charge in [0.05, 0.1) is 12.7 Å². The molecule has 0 rings (SSSR count). The molecule has 0 amide bonds. The van der Waals surface area contributed by atoms with Crippen molar-refractivity contribution in [1.82, 2.24) is 4.90 Å². The molecule has 1 atom stereocenters. The minimum absolute atomic E-state index is 0.197. The normalized spacial score (nSPS) is 13.9. The fourth-order valence-corrected chi connectivity index (χ4v) is 0.827. The summed E-state index contributed by atoms with van der Waals surface area (Å²) in [6.07, 6.45) is 0.619. The molecule has 68 valence electrons. The maximum Gasteiger partial charge on any atom is 0.0664 e. The van der Waals surface area contributed by atoms with Crippen LogP contribution in [-0.2, 0) is 4.74 Å². The van der Waals surface area contributed by atoms with E-state index in [-0.39, 0.29) is 6.10 Å². The molecule has 0 saturated carbocycles. The summed E-state index contributed by atoms with van der Waals surface area (Å²) in [5, 5.41) is 9.25. The first-order chi connectivity index (χ1) is 5.20. The van der Waals surface area contributed by atoms with Gasteiger partial charge in [-0.2, -0.15) is 0 Å². The zero-order valence-electron chi connectivity index (χ0n) is 7.71. The Balaban J connectivity index is 3.27. The molecule has 0 saturated heterocycles. The van der Waals surface area contributed by atoms with Gasteiger partial charge < -0.3 is 14.7 Å². The lowest BCUT2D eigenvalue weighted by molar-refractivity contribution is 0.101. The molecule has 0 aliphatic rings. The highest BCUT2D eigenvalue weighted by Gasteiger charge is 2.04. The van der Waals surface area contributed by atoms with E-state index >= 15 is 0 Å². The minimum atomic E-state index is -0.197. The van der Waals surface area contributed by atoms with Crippen LogP contribution in [0.2, 0.25) is 0 Å². The monoisotopic (exact) mass is 161 g/mol. The third kappa shape index (κ3) is 6.28. The lowest BCUT2D eigenvalue weighted by Gasteiger charge is -2.18. The summed E-state index contributed by atoms with van der Waals surface area (Å²) in [5.74, 6) is 0. The van der Waals surface area contributed by atoms with Crippen molar-refractivity contribution < 1.29 is 9.84 Å². The number of hydrogen-bond donors (Lipinski definition) is 1. The molecule has 3 nitrogen and oxygen atoms in total. The van der Waals surface area contributed by atoms with Crippen molar-refractivity contribution in [3.05, 3.63) is 0 Å². The lowest BCUT2D eigenvalue weighted by atomic mass is 10.2. The molecule has 0 aromatic carbocycles. The Morgan fingerprint density at radius 1 is 1.55 bits per heavy atom. The summed E-state index contributed by atoms with van der Waals surface area (Å²) in [7, 11) is 3.67. The molecular weight excluding hydrogens is 142 g/mol. The molecule has 1 N–H and O–H groups in total. The van der Waals surface area contributed by atoms with Crippen LogP contribution in [0.15, 0.2) is 0 Å². The van der Waals surface area contributed by atoms with Crippen LogP contribution in [0.5, 0.6) is 0 Å². The second-order valence-corrected chi connectivity index (χ2v) is 2.82. The van der Waals surface area contributed by atoms with E-state index < -0.39 is 0 Å². The van der Waals surface area contributed by atoms with Crippen molar-refractivity contribution in [2.45, 2.75) is 19.4 Å². The Morgan fingerprint density at radius 2 is 2.18 bits per heavy atom.